The Morgan fingerprint density at radius 1 is 1.15 bits per heavy atom. The molecule has 2 aromatic carbocycles. The van der Waals surface area contributed by atoms with Crippen molar-refractivity contribution in [1.29, 1.82) is 0 Å². The van der Waals surface area contributed by atoms with Crippen LogP contribution in [0.3, 0.4) is 0 Å². The molecule has 2 rings (SSSR count). The maximum atomic E-state index is 12.2. The number of nitrogen functional groups attached to an aromatic ring is 1. The van der Waals surface area contributed by atoms with E-state index >= 15 is 0 Å². The number of benzene rings is 2. The normalized spacial score (nSPS) is 10.5. The molecule has 10 nitrogen and oxygen atoms in total. The van der Waals surface area contributed by atoms with E-state index in [1.807, 2.05) is 0 Å². The molecule has 0 aliphatic heterocycles. The van der Waals surface area contributed by atoms with Crippen molar-refractivity contribution in [2.24, 2.45) is 5.10 Å². The molecule has 0 bridgehead atoms. The summed E-state index contributed by atoms with van der Waals surface area (Å²) in [6, 6.07) is 6.86. The number of nitro benzene ring substituents is 1. The number of amides is 1. The smallest absolute Gasteiger partial charge is 0.273 e. The Kier molecular flexibility index (Phi) is 6.15. The molecule has 0 aliphatic carbocycles. The van der Waals surface area contributed by atoms with Crippen LogP contribution in [0.15, 0.2) is 35.4 Å². The van der Waals surface area contributed by atoms with Crippen molar-refractivity contribution in [3.8, 4) is 17.2 Å². The first-order valence-corrected chi connectivity index (χ1v) is 7.58. The molecule has 0 heterocycles. The zero-order valence-corrected chi connectivity index (χ0v) is 14.9. The average Bonchev–Trinajstić information content (AvgIpc) is 2.66. The highest BCUT2D eigenvalue weighted by atomic mass is 16.6. The molecule has 0 unspecified atom stereocenters. The number of nitrogens with two attached hydrogens (primary N) is 1. The summed E-state index contributed by atoms with van der Waals surface area (Å²) in [7, 11) is 4.44. The minimum atomic E-state index is -0.681. The van der Waals surface area contributed by atoms with E-state index in [4.69, 9.17) is 19.9 Å². The lowest BCUT2D eigenvalue weighted by Crippen LogP contribution is -2.19. The van der Waals surface area contributed by atoms with Gasteiger partial charge >= 0.3 is 0 Å². The Balaban J connectivity index is 2.21. The van der Waals surface area contributed by atoms with Crippen molar-refractivity contribution in [3.05, 3.63) is 51.6 Å². The van der Waals surface area contributed by atoms with Crippen molar-refractivity contribution < 1.29 is 23.9 Å². The molecular weight excluding hydrogens is 356 g/mol. The van der Waals surface area contributed by atoms with E-state index in [0.29, 0.717) is 22.8 Å². The van der Waals surface area contributed by atoms with Crippen LogP contribution in [-0.2, 0) is 0 Å². The van der Waals surface area contributed by atoms with E-state index in [1.165, 1.54) is 39.7 Å². The van der Waals surface area contributed by atoms with Gasteiger partial charge in [0, 0.05) is 23.4 Å². The average molecular weight is 374 g/mol. The summed E-state index contributed by atoms with van der Waals surface area (Å²) >= 11 is 0. The van der Waals surface area contributed by atoms with Gasteiger partial charge in [-0.2, -0.15) is 5.10 Å². The second-order valence-corrected chi connectivity index (χ2v) is 5.19. The number of nitrogens with zero attached hydrogens (tertiary/aromatic N) is 2. The third-order valence-corrected chi connectivity index (χ3v) is 3.56. The fraction of sp³-hybridized carbons (Fsp3) is 0.176. The van der Waals surface area contributed by atoms with E-state index in [-0.39, 0.29) is 16.9 Å². The minimum Gasteiger partial charge on any atom is -0.493 e. The lowest BCUT2D eigenvalue weighted by molar-refractivity contribution is -0.384. The molecule has 0 aliphatic rings. The first kappa shape index (κ1) is 19.5. The second-order valence-electron chi connectivity index (χ2n) is 5.19. The molecule has 10 heteroatoms. The number of anilines is 1. The molecule has 27 heavy (non-hydrogen) atoms. The van der Waals surface area contributed by atoms with Gasteiger partial charge in [0.1, 0.15) is 0 Å². The Bertz CT molecular complexity index is 872. The molecule has 0 aromatic heterocycles. The topological polar surface area (TPSA) is 138 Å². The lowest BCUT2D eigenvalue weighted by atomic mass is 10.1. The van der Waals surface area contributed by atoms with Gasteiger partial charge in [0.25, 0.3) is 11.6 Å². The number of hydrogen-bond donors (Lipinski definition) is 2. The first-order valence-electron chi connectivity index (χ1n) is 7.58. The highest BCUT2D eigenvalue weighted by Gasteiger charge is 2.15. The van der Waals surface area contributed by atoms with Gasteiger partial charge < -0.3 is 19.9 Å². The van der Waals surface area contributed by atoms with Crippen LogP contribution in [0.25, 0.3) is 0 Å². The number of nitrogens with one attached hydrogen (secondary N) is 1. The van der Waals surface area contributed by atoms with Gasteiger partial charge in [-0.25, -0.2) is 5.43 Å². The highest BCUT2D eigenvalue weighted by molar-refractivity contribution is 6.00. The number of nitro groups is 1. The fourth-order valence-electron chi connectivity index (χ4n) is 2.26. The van der Waals surface area contributed by atoms with Crippen LogP contribution in [0.1, 0.15) is 15.9 Å². The maximum Gasteiger partial charge on any atom is 0.273 e. The van der Waals surface area contributed by atoms with E-state index in [2.05, 4.69) is 10.5 Å². The Hall–Kier alpha value is -3.82. The number of non-ortho nitro benzene ring substituents is 1. The van der Waals surface area contributed by atoms with Crippen LogP contribution in [0.5, 0.6) is 17.2 Å². The molecule has 1 amide bonds. The van der Waals surface area contributed by atoms with Gasteiger partial charge in [0.15, 0.2) is 11.5 Å². The monoisotopic (exact) mass is 374 g/mol. The number of carbonyl (C=O) groups excluding carboxylic acids is 1. The Morgan fingerprint density at radius 2 is 1.78 bits per heavy atom. The molecule has 0 saturated heterocycles. The zero-order chi connectivity index (χ0) is 20.0. The molecule has 0 saturated carbocycles. The predicted molar refractivity (Wildman–Crippen MR) is 98.7 cm³/mol. The molecule has 0 spiro atoms. The highest BCUT2D eigenvalue weighted by Crippen LogP contribution is 2.37. The summed E-state index contributed by atoms with van der Waals surface area (Å²) in [6.07, 6.45) is 1.36. The number of methoxy groups -OCH3 is 3. The lowest BCUT2D eigenvalue weighted by Gasteiger charge is -2.12. The van der Waals surface area contributed by atoms with Gasteiger partial charge in [-0.05, 0) is 18.2 Å². The van der Waals surface area contributed by atoms with E-state index in [9.17, 15) is 14.9 Å². The maximum absolute atomic E-state index is 12.2. The standard InChI is InChI=1S/C17H18N4O6/c1-25-14-6-10(7-15(26-2)16(14)27-3)9-19-20-17(22)12-8-11(21(23)24)4-5-13(12)18/h4-9H,18H2,1-3H3,(H,20,22)/b19-9+. The van der Waals surface area contributed by atoms with Crippen LogP contribution in [0.2, 0.25) is 0 Å². The van der Waals surface area contributed by atoms with Crippen molar-refractivity contribution >= 4 is 23.5 Å². The Morgan fingerprint density at radius 3 is 2.30 bits per heavy atom. The van der Waals surface area contributed by atoms with Gasteiger partial charge in [0.05, 0.1) is 38.0 Å². The van der Waals surface area contributed by atoms with E-state index < -0.39 is 10.8 Å². The predicted octanol–water partition coefficient (Wildman–Crippen LogP) is 1.97. The van der Waals surface area contributed by atoms with Crippen molar-refractivity contribution in [1.82, 2.24) is 5.43 Å². The fourth-order valence-corrected chi connectivity index (χ4v) is 2.26. The molecule has 0 radical (unpaired) electrons. The number of carbonyl (C=O) groups is 1. The third-order valence-electron chi connectivity index (χ3n) is 3.56. The molecule has 2 aromatic rings. The largest absolute Gasteiger partial charge is 0.493 e. The van der Waals surface area contributed by atoms with Gasteiger partial charge in [-0.3, -0.25) is 14.9 Å². The quantitative estimate of drug-likeness (QED) is 0.327. The van der Waals surface area contributed by atoms with E-state index in [0.717, 1.165) is 6.07 Å². The second kappa shape index (κ2) is 8.52. The zero-order valence-electron chi connectivity index (χ0n) is 14.9. The summed E-state index contributed by atoms with van der Waals surface area (Å²) in [5.41, 5.74) is 8.34. The minimum absolute atomic E-state index is 0.0498. The summed E-state index contributed by atoms with van der Waals surface area (Å²) in [5.74, 6) is 0.588. The summed E-state index contributed by atoms with van der Waals surface area (Å²) < 4.78 is 15.7. The van der Waals surface area contributed by atoms with Gasteiger partial charge in [-0.1, -0.05) is 0 Å². The van der Waals surface area contributed by atoms with Crippen LogP contribution in [-0.4, -0.2) is 38.4 Å². The van der Waals surface area contributed by atoms with Crippen molar-refractivity contribution in [3.63, 3.8) is 0 Å². The molecule has 142 valence electrons. The molecule has 3 N–H and O–H groups in total. The molecule has 0 fully saturated rings. The van der Waals surface area contributed by atoms with Crippen LogP contribution < -0.4 is 25.4 Å². The third kappa shape index (κ3) is 4.42. The number of hydrazone groups is 1. The van der Waals surface area contributed by atoms with Crippen LogP contribution in [0, 0.1) is 10.1 Å². The Labute approximate surface area is 154 Å². The van der Waals surface area contributed by atoms with Crippen molar-refractivity contribution in [2.75, 3.05) is 27.1 Å². The number of rotatable bonds is 7. The van der Waals surface area contributed by atoms with Crippen LogP contribution >= 0.6 is 0 Å². The van der Waals surface area contributed by atoms with Gasteiger partial charge in [-0.15, -0.1) is 0 Å². The summed E-state index contributed by atoms with van der Waals surface area (Å²) in [4.78, 5) is 22.4. The van der Waals surface area contributed by atoms with Crippen molar-refractivity contribution in [2.45, 2.75) is 0 Å². The summed E-state index contributed by atoms with van der Waals surface area (Å²) in [5, 5.41) is 14.7. The molecule has 0 atom stereocenters. The van der Waals surface area contributed by atoms with Crippen LogP contribution in [0.4, 0.5) is 11.4 Å². The number of hydrogen-bond acceptors (Lipinski definition) is 8. The molecular formula is C17H18N4O6. The SMILES string of the molecule is COc1cc(/C=N/NC(=O)c2cc([N+](=O)[O-])ccc2N)cc(OC)c1OC. The number of ether oxygens (including phenoxy) is 3. The van der Waals surface area contributed by atoms with Gasteiger partial charge in [0.2, 0.25) is 5.75 Å². The van der Waals surface area contributed by atoms with E-state index in [1.54, 1.807) is 12.1 Å². The first-order chi connectivity index (χ1) is 12.9. The summed E-state index contributed by atoms with van der Waals surface area (Å²) in [6.45, 7) is 0.